The van der Waals surface area contributed by atoms with Gasteiger partial charge in [0, 0.05) is 47.9 Å². The zero-order valence-electron chi connectivity index (χ0n) is 18.2. The number of benzene rings is 1. The van der Waals surface area contributed by atoms with E-state index in [1.165, 1.54) is 5.69 Å². The molecule has 1 saturated heterocycles. The summed E-state index contributed by atoms with van der Waals surface area (Å²) in [5.41, 5.74) is 4.87. The van der Waals surface area contributed by atoms with E-state index >= 15 is 0 Å². The highest BCUT2D eigenvalue weighted by atomic mass is 32.1. The molecular weight excluding hydrogens is 420 g/mol. The number of pyridine rings is 1. The van der Waals surface area contributed by atoms with Crippen molar-refractivity contribution < 1.29 is 5.11 Å². The van der Waals surface area contributed by atoms with Crippen LogP contribution in [0.4, 0.5) is 0 Å². The number of aliphatic hydroxyl groups excluding tert-OH is 1. The van der Waals surface area contributed by atoms with Crippen molar-refractivity contribution in [3.8, 4) is 11.3 Å². The third-order valence-electron chi connectivity index (χ3n) is 6.62. The Morgan fingerprint density at radius 1 is 1.19 bits per heavy atom. The lowest BCUT2D eigenvalue weighted by Crippen LogP contribution is -2.41. The highest BCUT2D eigenvalue weighted by Gasteiger charge is 2.46. The molecule has 8 heteroatoms. The van der Waals surface area contributed by atoms with Crippen LogP contribution in [0.5, 0.6) is 0 Å². The smallest absolute Gasteiger partial charge is 0.173 e. The molecular formula is C24H26N6OS. The number of likely N-dealkylation sites (tertiary alicyclic amines) is 1. The number of thiocarbonyl (C=S) groups is 1. The number of allylic oxidation sites excluding steroid dienone is 2. The van der Waals surface area contributed by atoms with E-state index in [9.17, 15) is 5.11 Å². The first-order valence-corrected chi connectivity index (χ1v) is 11.2. The van der Waals surface area contributed by atoms with Gasteiger partial charge in [-0.2, -0.15) is 5.10 Å². The lowest BCUT2D eigenvalue weighted by atomic mass is 9.82. The number of hydrogen-bond acceptors (Lipinski definition) is 5. The minimum absolute atomic E-state index is 0.0130. The molecule has 0 radical (unpaired) electrons. The van der Waals surface area contributed by atoms with Crippen LogP contribution in [0.3, 0.4) is 0 Å². The van der Waals surface area contributed by atoms with E-state index in [-0.39, 0.29) is 16.9 Å². The maximum Gasteiger partial charge on any atom is 0.173 e. The molecule has 1 fully saturated rings. The molecule has 2 aliphatic heterocycles. The zero-order valence-corrected chi connectivity index (χ0v) is 19.0. The third-order valence-corrected chi connectivity index (χ3v) is 6.98. The maximum atomic E-state index is 9.87. The van der Waals surface area contributed by atoms with Gasteiger partial charge in [-0.3, -0.25) is 9.67 Å². The van der Waals surface area contributed by atoms with Gasteiger partial charge in [0.25, 0.3) is 0 Å². The molecule has 3 aromatic rings. The largest absolute Gasteiger partial charge is 0.510 e. The van der Waals surface area contributed by atoms with Crippen molar-refractivity contribution in [2.45, 2.75) is 38.6 Å². The molecule has 3 N–H and O–H groups in total. The molecule has 1 atom stereocenters. The van der Waals surface area contributed by atoms with E-state index in [0.29, 0.717) is 10.8 Å². The summed E-state index contributed by atoms with van der Waals surface area (Å²) in [6, 6.07) is 12.5. The summed E-state index contributed by atoms with van der Waals surface area (Å²) >= 11 is 5.61. The SMILES string of the molecule is CC(=N)/C(NC(=S)N1CCC2(CCn3nc(-c4cnc5ccccc5c4)cc32)C1)=C(/C)O. The van der Waals surface area contributed by atoms with E-state index in [0.717, 1.165) is 54.6 Å². The summed E-state index contributed by atoms with van der Waals surface area (Å²) in [5.74, 6) is 0.0707. The number of nitrogens with zero attached hydrogens (tertiary/aromatic N) is 4. The fraction of sp³-hybridized carbons (Fsp3) is 0.333. The van der Waals surface area contributed by atoms with E-state index in [2.05, 4.69) is 38.1 Å². The first-order valence-electron chi connectivity index (χ1n) is 10.8. The van der Waals surface area contributed by atoms with Gasteiger partial charge in [0.1, 0.15) is 5.76 Å². The molecule has 4 heterocycles. The van der Waals surface area contributed by atoms with Gasteiger partial charge in [-0.15, -0.1) is 0 Å². The predicted molar refractivity (Wildman–Crippen MR) is 130 cm³/mol. The van der Waals surface area contributed by atoms with Crippen LogP contribution in [-0.2, 0) is 12.0 Å². The number of hydrogen-bond donors (Lipinski definition) is 3. The summed E-state index contributed by atoms with van der Waals surface area (Å²) in [4.78, 5) is 6.74. The number of aliphatic hydroxyl groups is 1. The van der Waals surface area contributed by atoms with E-state index in [4.69, 9.17) is 22.7 Å². The standard InChI is InChI=1S/C24H26N6OS/c1-15(25)22(16(2)31)27-23(32)29-9-7-24(14-29)8-10-30-21(24)12-20(28-30)18-11-17-5-3-4-6-19(17)26-13-18/h3-6,11-13,25,31H,7-10,14H2,1-2H3,(H,27,32)/b22-16+,25-15?. The average Bonchev–Trinajstić information content (AvgIpc) is 3.48. The lowest BCUT2D eigenvalue weighted by Gasteiger charge is -2.25. The molecule has 32 heavy (non-hydrogen) atoms. The number of fused-ring (bicyclic) bond motifs is 3. The second-order valence-corrected chi connectivity index (χ2v) is 9.16. The van der Waals surface area contributed by atoms with E-state index < -0.39 is 0 Å². The number of rotatable bonds is 3. The second-order valence-electron chi connectivity index (χ2n) is 8.77. The van der Waals surface area contributed by atoms with Crippen LogP contribution in [0.1, 0.15) is 32.4 Å². The van der Waals surface area contributed by atoms with Gasteiger partial charge in [0.15, 0.2) is 5.11 Å². The van der Waals surface area contributed by atoms with Crippen LogP contribution in [0.15, 0.2) is 54.1 Å². The lowest BCUT2D eigenvalue weighted by molar-refractivity contribution is 0.403. The number of aryl methyl sites for hydroxylation is 1. The van der Waals surface area contributed by atoms with Crippen molar-refractivity contribution in [2.24, 2.45) is 0 Å². The first-order chi connectivity index (χ1) is 15.4. The average molecular weight is 447 g/mol. The molecule has 5 rings (SSSR count). The van der Waals surface area contributed by atoms with Gasteiger partial charge in [0.2, 0.25) is 0 Å². The van der Waals surface area contributed by atoms with Crippen molar-refractivity contribution in [3.05, 3.63) is 59.7 Å². The number of aromatic nitrogens is 3. The molecule has 2 aromatic heterocycles. The van der Waals surface area contributed by atoms with Crippen LogP contribution in [0.2, 0.25) is 0 Å². The van der Waals surface area contributed by atoms with Gasteiger partial charge in [-0.1, -0.05) is 18.2 Å². The molecule has 1 spiro atoms. The quantitative estimate of drug-likeness (QED) is 0.318. The van der Waals surface area contributed by atoms with Gasteiger partial charge in [-0.25, -0.2) is 0 Å². The minimum atomic E-state index is 0.0130. The van der Waals surface area contributed by atoms with E-state index in [1.807, 2.05) is 24.4 Å². The fourth-order valence-electron chi connectivity index (χ4n) is 4.91. The third kappa shape index (κ3) is 3.44. The predicted octanol–water partition coefficient (Wildman–Crippen LogP) is 4.15. The second kappa shape index (κ2) is 7.70. The Balaban J connectivity index is 1.39. The molecule has 0 amide bonds. The van der Waals surface area contributed by atoms with Gasteiger partial charge >= 0.3 is 0 Å². The Labute approximate surface area is 192 Å². The normalized spacial score (nSPS) is 20.5. The van der Waals surface area contributed by atoms with Crippen LogP contribution >= 0.6 is 12.2 Å². The van der Waals surface area contributed by atoms with Crippen molar-refractivity contribution >= 4 is 33.9 Å². The van der Waals surface area contributed by atoms with Crippen molar-refractivity contribution in [1.29, 1.82) is 5.41 Å². The van der Waals surface area contributed by atoms with Gasteiger partial charge in [-0.05, 0) is 57.1 Å². The number of para-hydroxylation sites is 1. The molecule has 164 valence electrons. The van der Waals surface area contributed by atoms with Gasteiger partial charge < -0.3 is 20.7 Å². The Hall–Kier alpha value is -3.26. The van der Waals surface area contributed by atoms with Crippen molar-refractivity contribution in [3.63, 3.8) is 0 Å². The topological polar surface area (TPSA) is 90.1 Å². The molecule has 1 unspecified atom stereocenters. The summed E-state index contributed by atoms with van der Waals surface area (Å²) in [6.45, 7) is 5.72. The zero-order chi connectivity index (χ0) is 22.5. The monoisotopic (exact) mass is 446 g/mol. The fourth-order valence-corrected chi connectivity index (χ4v) is 5.17. The molecule has 0 bridgehead atoms. The summed E-state index contributed by atoms with van der Waals surface area (Å²) in [5, 5.41) is 27.4. The molecule has 0 saturated carbocycles. The van der Waals surface area contributed by atoms with Crippen molar-refractivity contribution in [1.82, 2.24) is 25.0 Å². The molecule has 1 aromatic carbocycles. The van der Waals surface area contributed by atoms with Gasteiger partial charge in [0.05, 0.1) is 22.6 Å². The Bertz CT molecular complexity index is 1270. The van der Waals surface area contributed by atoms with Crippen LogP contribution in [0.25, 0.3) is 22.2 Å². The molecule has 7 nitrogen and oxygen atoms in total. The van der Waals surface area contributed by atoms with Crippen LogP contribution in [0, 0.1) is 5.41 Å². The first kappa shape index (κ1) is 20.6. The molecule has 2 aliphatic rings. The summed E-state index contributed by atoms with van der Waals surface area (Å²) < 4.78 is 2.13. The highest BCUT2D eigenvalue weighted by Crippen LogP contribution is 2.43. The van der Waals surface area contributed by atoms with E-state index in [1.54, 1.807) is 13.8 Å². The van der Waals surface area contributed by atoms with Crippen LogP contribution in [-0.4, -0.2) is 48.7 Å². The number of nitrogens with one attached hydrogen (secondary N) is 2. The molecule has 0 aliphatic carbocycles. The Morgan fingerprint density at radius 2 is 1.97 bits per heavy atom. The summed E-state index contributed by atoms with van der Waals surface area (Å²) in [6.07, 6.45) is 3.94. The maximum absolute atomic E-state index is 9.87. The Morgan fingerprint density at radius 3 is 2.75 bits per heavy atom. The minimum Gasteiger partial charge on any atom is -0.510 e. The van der Waals surface area contributed by atoms with Crippen LogP contribution < -0.4 is 5.32 Å². The highest BCUT2D eigenvalue weighted by molar-refractivity contribution is 7.80. The van der Waals surface area contributed by atoms with Crippen molar-refractivity contribution in [2.75, 3.05) is 13.1 Å². The Kier molecular flexibility index (Phi) is 4.97. The summed E-state index contributed by atoms with van der Waals surface area (Å²) in [7, 11) is 0.